The fraction of sp³-hybridized carbons (Fsp3) is 0.286. The van der Waals surface area contributed by atoms with E-state index >= 15 is 0 Å². The first-order valence-electron chi connectivity index (χ1n) is 9.08. The summed E-state index contributed by atoms with van der Waals surface area (Å²) in [4.78, 5) is 38.7. The number of aromatic nitrogens is 1. The molecule has 3 rings (SSSR count). The topological polar surface area (TPSA) is 89.9 Å². The SMILES string of the molecule is COCCn1c(C)cc(/C=C2/C(=O)NC(=O)N(c3cccc(OC)c3)C2=O)c1C. The second-order valence-electron chi connectivity index (χ2n) is 6.63. The maximum Gasteiger partial charge on any atom is 0.335 e. The van der Waals surface area contributed by atoms with E-state index in [1.807, 2.05) is 24.5 Å². The average Bonchev–Trinajstić information content (AvgIpc) is 2.96. The number of nitrogens with zero attached hydrogens (tertiary/aromatic N) is 2. The van der Waals surface area contributed by atoms with E-state index in [1.54, 1.807) is 31.4 Å². The Hall–Kier alpha value is -3.39. The maximum absolute atomic E-state index is 13.0. The van der Waals surface area contributed by atoms with Gasteiger partial charge in [-0.25, -0.2) is 9.69 Å². The van der Waals surface area contributed by atoms with Crippen molar-refractivity contribution in [3.63, 3.8) is 0 Å². The summed E-state index contributed by atoms with van der Waals surface area (Å²) < 4.78 is 12.3. The highest BCUT2D eigenvalue weighted by Gasteiger charge is 2.37. The number of carbonyl (C=O) groups excluding carboxylic acids is 3. The normalized spacial score (nSPS) is 15.8. The molecule has 1 aromatic carbocycles. The Morgan fingerprint density at radius 1 is 1.10 bits per heavy atom. The monoisotopic (exact) mass is 397 g/mol. The van der Waals surface area contributed by atoms with Crippen LogP contribution in [0.2, 0.25) is 0 Å². The molecule has 0 unspecified atom stereocenters. The minimum atomic E-state index is -0.795. The van der Waals surface area contributed by atoms with Gasteiger partial charge in [0, 0.05) is 31.1 Å². The first kappa shape index (κ1) is 20.3. The van der Waals surface area contributed by atoms with E-state index in [0.717, 1.165) is 21.9 Å². The Morgan fingerprint density at radius 2 is 1.86 bits per heavy atom. The number of rotatable bonds is 6. The van der Waals surface area contributed by atoms with Gasteiger partial charge in [-0.05, 0) is 43.7 Å². The molecule has 1 aliphatic rings. The third-order valence-corrected chi connectivity index (χ3v) is 4.84. The zero-order valence-corrected chi connectivity index (χ0v) is 16.8. The molecule has 4 amide bonds. The molecule has 152 valence electrons. The van der Waals surface area contributed by atoms with E-state index in [-0.39, 0.29) is 5.57 Å². The van der Waals surface area contributed by atoms with Gasteiger partial charge in [0.25, 0.3) is 11.8 Å². The molecule has 1 aliphatic heterocycles. The van der Waals surface area contributed by atoms with Gasteiger partial charge < -0.3 is 14.0 Å². The Morgan fingerprint density at radius 3 is 2.55 bits per heavy atom. The zero-order chi connectivity index (χ0) is 21.1. The van der Waals surface area contributed by atoms with E-state index in [0.29, 0.717) is 24.6 Å². The number of methoxy groups -OCH3 is 2. The predicted molar refractivity (Wildman–Crippen MR) is 108 cm³/mol. The number of urea groups is 1. The number of benzene rings is 1. The first-order chi connectivity index (χ1) is 13.9. The third-order valence-electron chi connectivity index (χ3n) is 4.84. The van der Waals surface area contributed by atoms with Crippen LogP contribution in [0, 0.1) is 13.8 Å². The van der Waals surface area contributed by atoms with Gasteiger partial charge in [-0.15, -0.1) is 0 Å². The van der Waals surface area contributed by atoms with E-state index in [2.05, 4.69) is 5.32 Å². The van der Waals surface area contributed by atoms with Crippen molar-refractivity contribution in [2.45, 2.75) is 20.4 Å². The summed E-state index contributed by atoms with van der Waals surface area (Å²) in [5, 5.41) is 2.23. The first-order valence-corrected chi connectivity index (χ1v) is 9.08. The molecule has 2 aromatic rings. The lowest BCUT2D eigenvalue weighted by atomic mass is 10.1. The highest BCUT2D eigenvalue weighted by atomic mass is 16.5. The number of imide groups is 2. The molecule has 8 nitrogen and oxygen atoms in total. The average molecular weight is 397 g/mol. The summed E-state index contributed by atoms with van der Waals surface area (Å²) in [6.07, 6.45) is 1.52. The second kappa shape index (κ2) is 8.32. The Balaban J connectivity index is 2.00. The van der Waals surface area contributed by atoms with Crippen molar-refractivity contribution in [3.8, 4) is 5.75 Å². The van der Waals surface area contributed by atoms with Gasteiger partial charge in [0.2, 0.25) is 0 Å². The minimum absolute atomic E-state index is 0.112. The van der Waals surface area contributed by atoms with Crippen molar-refractivity contribution in [3.05, 3.63) is 52.9 Å². The molecule has 0 saturated carbocycles. The summed E-state index contributed by atoms with van der Waals surface area (Å²) >= 11 is 0. The molecule has 0 aliphatic carbocycles. The molecule has 1 fully saturated rings. The number of hydrogen-bond acceptors (Lipinski definition) is 5. The molecule has 0 radical (unpaired) electrons. The highest BCUT2D eigenvalue weighted by Crippen LogP contribution is 2.26. The molecule has 1 N–H and O–H groups in total. The van der Waals surface area contributed by atoms with Gasteiger partial charge in [0.1, 0.15) is 11.3 Å². The fourth-order valence-corrected chi connectivity index (χ4v) is 3.30. The highest BCUT2D eigenvalue weighted by molar-refractivity contribution is 6.39. The number of hydrogen-bond donors (Lipinski definition) is 1. The van der Waals surface area contributed by atoms with Gasteiger partial charge in [0.15, 0.2) is 0 Å². The molecule has 1 saturated heterocycles. The molecule has 0 spiro atoms. The third kappa shape index (κ3) is 3.93. The van der Waals surface area contributed by atoms with Crippen LogP contribution in [0.25, 0.3) is 6.08 Å². The summed E-state index contributed by atoms with van der Waals surface area (Å²) in [7, 11) is 3.12. The van der Waals surface area contributed by atoms with Crippen LogP contribution in [0.4, 0.5) is 10.5 Å². The van der Waals surface area contributed by atoms with Crippen molar-refractivity contribution in [1.29, 1.82) is 0 Å². The Labute approximate surface area is 168 Å². The van der Waals surface area contributed by atoms with Gasteiger partial charge in [-0.1, -0.05) is 6.07 Å². The molecule has 1 aromatic heterocycles. The van der Waals surface area contributed by atoms with Crippen LogP contribution in [0.5, 0.6) is 5.75 Å². The number of anilines is 1. The van der Waals surface area contributed by atoms with Crippen LogP contribution in [-0.2, 0) is 20.9 Å². The minimum Gasteiger partial charge on any atom is -0.497 e. The Bertz CT molecular complexity index is 1010. The van der Waals surface area contributed by atoms with Crippen LogP contribution >= 0.6 is 0 Å². The van der Waals surface area contributed by atoms with Gasteiger partial charge in [-0.2, -0.15) is 0 Å². The number of aryl methyl sites for hydroxylation is 1. The molecule has 8 heteroatoms. The molecular weight excluding hydrogens is 374 g/mol. The van der Waals surface area contributed by atoms with E-state index < -0.39 is 17.8 Å². The lowest BCUT2D eigenvalue weighted by Gasteiger charge is -2.26. The summed E-state index contributed by atoms with van der Waals surface area (Å²) in [6, 6.07) is 7.62. The molecule has 0 atom stereocenters. The smallest absolute Gasteiger partial charge is 0.335 e. The molecule has 29 heavy (non-hydrogen) atoms. The van der Waals surface area contributed by atoms with Gasteiger partial charge >= 0.3 is 6.03 Å². The quantitative estimate of drug-likeness (QED) is 0.597. The summed E-state index contributed by atoms with van der Waals surface area (Å²) in [5.41, 5.74) is 2.82. The van der Waals surface area contributed by atoms with Crippen LogP contribution in [0.3, 0.4) is 0 Å². The molecular formula is C21H23N3O5. The Kier molecular flexibility index (Phi) is 5.84. The predicted octanol–water partition coefficient (Wildman–Crippen LogP) is 2.43. The summed E-state index contributed by atoms with van der Waals surface area (Å²) in [5.74, 6) is -0.915. The van der Waals surface area contributed by atoms with Crippen LogP contribution in [0.15, 0.2) is 35.9 Å². The van der Waals surface area contributed by atoms with Crippen molar-refractivity contribution >= 4 is 29.6 Å². The summed E-state index contributed by atoms with van der Waals surface area (Å²) in [6.45, 7) is 5.06. The van der Waals surface area contributed by atoms with E-state index in [9.17, 15) is 14.4 Å². The maximum atomic E-state index is 13.0. The van der Waals surface area contributed by atoms with Crippen molar-refractivity contribution in [1.82, 2.24) is 9.88 Å². The number of carbonyl (C=O) groups is 3. The second-order valence-corrected chi connectivity index (χ2v) is 6.63. The van der Waals surface area contributed by atoms with Crippen LogP contribution in [-0.4, -0.2) is 43.2 Å². The lowest BCUT2D eigenvalue weighted by molar-refractivity contribution is -0.122. The van der Waals surface area contributed by atoms with Crippen molar-refractivity contribution in [2.75, 3.05) is 25.7 Å². The number of nitrogens with one attached hydrogen (secondary N) is 1. The van der Waals surface area contributed by atoms with Gasteiger partial charge in [0.05, 0.1) is 19.4 Å². The van der Waals surface area contributed by atoms with Gasteiger partial charge in [-0.3, -0.25) is 14.9 Å². The number of barbiturate groups is 1. The lowest BCUT2D eigenvalue weighted by Crippen LogP contribution is -2.54. The standard InChI is InChI=1S/C21H23N3O5/c1-13-10-15(14(2)23(13)8-9-28-3)11-18-19(25)22-21(27)24(20(18)26)16-6-5-7-17(12-16)29-4/h5-7,10-12H,8-9H2,1-4H3,(H,22,25,27)/b18-11-. The largest absolute Gasteiger partial charge is 0.497 e. The fourth-order valence-electron chi connectivity index (χ4n) is 3.30. The zero-order valence-electron chi connectivity index (χ0n) is 16.8. The van der Waals surface area contributed by atoms with Crippen molar-refractivity contribution < 1.29 is 23.9 Å². The van der Waals surface area contributed by atoms with E-state index in [4.69, 9.17) is 9.47 Å². The molecule has 2 heterocycles. The van der Waals surface area contributed by atoms with Crippen LogP contribution in [0.1, 0.15) is 17.0 Å². The van der Waals surface area contributed by atoms with Crippen molar-refractivity contribution in [2.24, 2.45) is 0 Å². The number of amides is 4. The number of ether oxygens (including phenoxy) is 2. The molecule has 0 bridgehead atoms. The van der Waals surface area contributed by atoms with Crippen LogP contribution < -0.4 is 15.0 Å². The van der Waals surface area contributed by atoms with E-state index in [1.165, 1.54) is 13.2 Å².